The van der Waals surface area contributed by atoms with Crippen LogP contribution in [0.2, 0.25) is 5.02 Å². The van der Waals surface area contributed by atoms with Crippen LogP contribution >= 0.6 is 19.0 Å². The second-order valence-electron chi connectivity index (χ2n) is 5.48. The van der Waals surface area contributed by atoms with Crippen molar-refractivity contribution >= 4 is 46.4 Å². The number of carbonyl (C=O) groups excluding carboxylic acids is 1. The molecule has 124 valence electrons. The molecular formula is C17H16ClN2O3P. The molecular weight excluding hydrogens is 347 g/mol. The van der Waals surface area contributed by atoms with Gasteiger partial charge in [0.15, 0.2) is 0 Å². The SMILES string of the molecule is COP(=O)(c1cccc(C)c1)c1c(C(N)=O)[nH]c2ccc(Cl)cc12. The van der Waals surface area contributed by atoms with Gasteiger partial charge in [-0.15, -0.1) is 0 Å². The monoisotopic (exact) mass is 362 g/mol. The maximum absolute atomic E-state index is 13.8. The number of rotatable bonds is 4. The van der Waals surface area contributed by atoms with Crippen LogP contribution in [0.25, 0.3) is 10.9 Å². The maximum atomic E-state index is 13.8. The lowest BCUT2D eigenvalue weighted by Crippen LogP contribution is -2.25. The van der Waals surface area contributed by atoms with Gasteiger partial charge >= 0.3 is 0 Å². The quantitative estimate of drug-likeness (QED) is 0.699. The molecule has 3 rings (SSSR count). The third-order valence-corrected chi connectivity index (χ3v) is 6.63. The van der Waals surface area contributed by atoms with Crippen LogP contribution < -0.4 is 16.3 Å². The first-order valence-electron chi connectivity index (χ1n) is 7.21. The molecule has 7 heteroatoms. The summed E-state index contributed by atoms with van der Waals surface area (Å²) in [4.78, 5) is 14.8. The second-order valence-corrected chi connectivity index (χ2v) is 8.34. The molecule has 0 radical (unpaired) electrons. The zero-order valence-corrected chi connectivity index (χ0v) is 14.8. The van der Waals surface area contributed by atoms with Gasteiger partial charge in [-0.25, -0.2) is 0 Å². The van der Waals surface area contributed by atoms with Crippen molar-refractivity contribution in [3.8, 4) is 0 Å². The minimum Gasteiger partial charge on any atom is -0.364 e. The largest absolute Gasteiger partial charge is 0.364 e. The van der Waals surface area contributed by atoms with Crippen molar-refractivity contribution in [2.75, 3.05) is 7.11 Å². The minimum atomic E-state index is -3.53. The Kier molecular flexibility index (Phi) is 4.26. The molecule has 1 amide bonds. The molecule has 0 fully saturated rings. The third-order valence-electron chi connectivity index (χ3n) is 3.87. The van der Waals surface area contributed by atoms with Gasteiger partial charge in [0.05, 0.1) is 5.30 Å². The molecule has 1 atom stereocenters. The van der Waals surface area contributed by atoms with Crippen LogP contribution in [0.5, 0.6) is 0 Å². The number of aryl methyl sites for hydroxylation is 1. The molecule has 0 aliphatic carbocycles. The van der Waals surface area contributed by atoms with E-state index in [0.29, 0.717) is 21.2 Å². The number of aromatic nitrogens is 1. The highest BCUT2D eigenvalue weighted by Crippen LogP contribution is 2.47. The number of aromatic amines is 1. The third kappa shape index (κ3) is 2.65. The van der Waals surface area contributed by atoms with Crippen LogP contribution in [0.1, 0.15) is 16.1 Å². The number of H-pyrrole nitrogens is 1. The Hall–Kier alpha value is -2.07. The van der Waals surface area contributed by atoms with Gasteiger partial charge in [-0.3, -0.25) is 9.36 Å². The first-order valence-corrected chi connectivity index (χ1v) is 9.21. The molecule has 0 spiro atoms. The maximum Gasteiger partial charge on any atom is 0.266 e. The van der Waals surface area contributed by atoms with E-state index in [0.717, 1.165) is 5.56 Å². The van der Waals surface area contributed by atoms with Crippen molar-refractivity contribution in [3.63, 3.8) is 0 Å². The van der Waals surface area contributed by atoms with Gasteiger partial charge in [0.2, 0.25) is 0 Å². The molecule has 0 aliphatic rings. The molecule has 3 N–H and O–H groups in total. The highest BCUT2D eigenvalue weighted by molar-refractivity contribution is 7.75. The number of carbonyl (C=O) groups is 1. The summed E-state index contributed by atoms with van der Waals surface area (Å²) in [6.45, 7) is 1.89. The Balaban J connectivity index is 2.41. The van der Waals surface area contributed by atoms with Crippen molar-refractivity contribution in [1.82, 2.24) is 4.98 Å². The smallest absolute Gasteiger partial charge is 0.266 e. The highest BCUT2D eigenvalue weighted by Gasteiger charge is 2.35. The number of benzene rings is 2. The number of amides is 1. The van der Waals surface area contributed by atoms with Crippen LogP contribution in [0, 0.1) is 6.92 Å². The summed E-state index contributed by atoms with van der Waals surface area (Å²) in [5.41, 5.74) is 7.12. The Morgan fingerprint density at radius 1 is 1.25 bits per heavy atom. The summed E-state index contributed by atoms with van der Waals surface area (Å²) >= 11 is 6.08. The van der Waals surface area contributed by atoms with Crippen LogP contribution in [0.3, 0.4) is 0 Å². The minimum absolute atomic E-state index is 0.0685. The van der Waals surface area contributed by atoms with E-state index in [1.54, 1.807) is 36.4 Å². The van der Waals surface area contributed by atoms with Gasteiger partial charge in [-0.05, 0) is 37.3 Å². The van der Waals surface area contributed by atoms with E-state index in [1.165, 1.54) is 7.11 Å². The standard InChI is InChI=1S/C17H16ClN2O3P/c1-10-4-3-5-12(8-10)24(22,23-2)16-13-9-11(18)6-7-14(13)20-15(16)17(19)21/h3-9,20H,1-2H3,(H2,19,21). The molecule has 3 aromatic rings. The molecule has 1 heterocycles. The summed E-state index contributed by atoms with van der Waals surface area (Å²) in [5, 5.41) is 1.77. The number of hydrogen-bond donors (Lipinski definition) is 2. The van der Waals surface area contributed by atoms with Crippen molar-refractivity contribution < 1.29 is 13.9 Å². The van der Waals surface area contributed by atoms with Crippen LogP contribution in [-0.2, 0) is 9.09 Å². The van der Waals surface area contributed by atoms with Gasteiger partial charge in [0.25, 0.3) is 13.3 Å². The molecule has 24 heavy (non-hydrogen) atoms. The molecule has 1 aromatic heterocycles. The fraction of sp³-hybridized carbons (Fsp3) is 0.118. The van der Waals surface area contributed by atoms with Gasteiger partial charge in [0, 0.05) is 28.3 Å². The Bertz CT molecular complexity index is 997. The van der Waals surface area contributed by atoms with Gasteiger partial charge in [-0.2, -0.15) is 0 Å². The summed E-state index contributed by atoms with van der Waals surface area (Å²) in [5.74, 6) is -0.706. The molecule has 2 aromatic carbocycles. The average molecular weight is 363 g/mol. The van der Waals surface area contributed by atoms with Gasteiger partial charge < -0.3 is 15.2 Å². The Morgan fingerprint density at radius 2 is 2.00 bits per heavy atom. The first kappa shape index (κ1) is 16.8. The Labute approximate surface area is 144 Å². The van der Waals surface area contributed by atoms with Gasteiger partial charge in [-0.1, -0.05) is 29.3 Å². The molecule has 0 saturated carbocycles. The van der Waals surface area contributed by atoms with E-state index < -0.39 is 13.3 Å². The summed E-state index contributed by atoms with van der Waals surface area (Å²) < 4.78 is 19.2. The van der Waals surface area contributed by atoms with Crippen LogP contribution in [0.4, 0.5) is 0 Å². The van der Waals surface area contributed by atoms with Crippen molar-refractivity contribution in [1.29, 1.82) is 0 Å². The number of nitrogens with one attached hydrogen (secondary N) is 1. The molecule has 1 unspecified atom stereocenters. The van der Waals surface area contributed by atoms with Crippen molar-refractivity contribution in [2.45, 2.75) is 6.92 Å². The number of primary amides is 1. The lowest BCUT2D eigenvalue weighted by atomic mass is 10.2. The zero-order chi connectivity index (χ0) is 17.5. The van der Waals surface area contributed by atoms with Crippen LogP contribution in [0.15, 0.2) is 42.5 Å². The fourth-order valence-electron chi connectivity index (χ4n) is 2.77. The number of halogens is 1. The molecule has 0 bridgehead atoms. The van der Waals surface area contributed by atoms with E-state index in [1.807, 2.05) is 13.0 Å². The van der Waals surface area contributed by atoms with Crippen LogP contribution in [-0.4, -0.2) is 18.0 Å². The average Bonchev–Trinajstić information content (AvgIpc) is 2.93. The first-order chi connectivity index (χ1) is 11.4. The summed E-state index contributed by atoms with van der Waals surface area (Å²) in [6, 6.07) is 12.2. The lowest BCUT2D eigenvalue weighted by Gasteiger charge is -2.18. The van der Waals surface area contributed by atoms with Crippen molar-refractivity contribution in [2.24, 2.45) is 5.73 Å². The van der Waals surface area contributed by atoms with E-state index in [9.17, 15) is 9.36 Å². The summed E-state index contributed by atoms with van der Waals surface area (Å²) in [6.07, 6.45) is 0. The second kappa shape index (κ2) is 6.10. The van der Waals surface area contributed by atoms with E-state index in [-0.39, 0.29) is 11.0 Å². The highest BCUT2D eigenvalue weighted by atomic mass is 35.5. The number of fused-ring (bicyclic) bond motifs is 1. The predicted molar refractivity (Wildman–Crippen MR) is 96.9 cm³/mol. The lowest BCUT2D eigenvalue weighted by molar-refractivity contribution is 0.0997. The fourth-order valence-corrected chi connectivity index (χ4v) is 5.21. The number of hydrogen-bond acceptors (Lipinski definition) is 3. The zero-order valence-electron chi connectivity index (χ0n) is 13.2. The van der Waals surface area contributed by atoms with E-state index in [4.69, 9.17) is 21.9 Å². The predicted octanol–water partition coefficient (Wildman–Crippen LogP) is 3.10. The van der Waals surface area contributed by atoms with Gasteiger partial charge in [0.1, 0.15) is 5.69 Å². The molecule has 0 saturated heterocycles. The normalized spacial score (nSPS) is 13.8. The molecule has 5 nitrogen and oxygen atoms in total. The number of nitrogens with two attached hydrogens (primary N) is 1. The van der Waals surface area contributed by atoms with Crippen molar-refractivity contribution in [3.05, 3.63) is 58.7 Å². The van der Waals surface area contributed by atoms with E-state index in [2.05, 4.69) is 4.98 Å². The molecule has 0 aliphatic heterocycles. The summed E-state index contributed by atoms with van der Waals surface area (Å²) in [7, 11) is -2.17. The topological polar surface area (TPSA) is 85.2 Å². The van der Waals surface area contributed by atoms with E-state index >= 15 is 0 Å². The Morgan fingerprint density at radius 3 is 2.62 bits per heavy atom.